The van der Waals surface area contributed by atoms with Crippen molar-refractivity contribution >= 4 is 29.1 Å². The largest absolute Gasteiger partial charge is 0.455 e. The van der Waals surface area contributed by atoms with Crippen LogP contribution in [-0.4, -0.2) is 45.7 Å². The van der Waals surface area contributed by atoms with Crippen LogP contribution in [0.3, 0.4) is 0 Å². The third kappa shape index (κ3) is 6.90. The molecule has 0 unspecified atom stereocenters. The van der Waals surface area contributed by atoms with Gasteiger partial charge in [-0.1, -0.05) is 40.2 Å². The highest BCUT2D eigenvalue weighted by atomic mass is 32.1. The van der Waals surface area contributed by atoms with E-state index in [2.05, 4.69) is 43.0 Å². The summed E-state index contributed by atoms with van der Waals surface area (Å²) >= 11 is 1.29. The predicted octanol–water partition coefficient (Wildman–Crippen LogP) is 4.87. The summed E-state index contributed by atoms with van der Waals surface area (Å²) in [5, 5.41) is 5.33. The van der Waals surface area contributed by atoms with E-state index < -0.39 is 17.6 Å². The van der Waals surface area contributed by atoms with Crippen molar-refractivity contribution < 1.29 is 19.1 Å². The highest BCUT2D eigenvalue weighted by Crippen LogP contribution is 2.44. The van der Waals surface area contributed by atoms with Crippen molar-refractivity contribution in [2.24, 2.45) is 11.8 Å². The Hall–Kier alpha value is -2.81. The average molecular weight is 515 g/mol. The van der Waals surface area contributed by atoms with Crippen LogP contribution in [0.15, 0.2) is 29.8 Å². The van der Waals surface area contributed by atoms with E-state index in [9.17, 15) is 14.4 Å². The van der Waals surface area contributed by atoms with Gasteiger partial charge in [-0.25, -0.2) is 4.98 Å². The van der Waals surface area contributed by atoms with E-state index in [1.165, 1.54) is 18.3 Å². The highest BCUT2D eigenvalue weighted by Gasteiger charge is 2.47. The lowest BCUT2D eigenvalue weighted by Crippen LogP contribution is -2.42. The third-order valence-corrected chi connectivity index (χ3v) is 7.87. The zero-order valence-electron chi connectivity index (χ0n) is 22.1. The van der Waals surface area contributed by atoms with Crippen molar-refractivity contribution in [1.82, 2.24) is 20.2 Å². The minimum atomic E-state index is -0.647. The molecule has 2 aromatic heterocycles. The standard InChI is InChI=1S/C27H38N4O4S/c1-7-18(4)14-24(33)31(6)21(17(2)3)15-22(35-19(5)32)26-29-20(16-36-26)25(34)30-27(11-12-27)23-10-8-9-13-28-23/h8-10,13,16-18,21-22H,7,11-12,14-15H2,1-6H3,(H,30,34)/t18-,21+,22+/m0/s1. The van der Waals surface area contributed by atoms with Crippen LogP contribution in [0.2, 0.25) is 0 Å². The lowest BCUT2D eigenvalue weighted by molar-refractivity contribution is -0.148. The minimum absolute atomic E-state index is 0.0769. The van der Waals surface area contributed by atoms with Crippen LogP contribution in [0.5, 0.6) is 0 Å². The molecule has 1 fully saturated rings. The zero-order chi connectivity index (χ0) is 26.5. The molecule has 1 aliphatic carbocycles. The Morgan fingerprint density at radius 2 is 1.94 bits per heavy atom. The topological polar surface area (TPSA) is 101 Å². The van der Waals surface area contributed by atoms with Crippen molar-refractivity contribution in [2.75, 3.05) is 7.05 Å². The van der Waals surface area contributed by atoms with Crippen molar-refractivity contribution in [3.63, 3.8) is 0 Å². The molecule has 3 rings (SSSR count). The monoisotopic (exact) mass is 514 g/mol. The van der Waals surface area contributed by atoms with Gasteiger partial charge in [0.15, 0.2) is 6.10 Å². The van der Waals surface area contributed by atoms with Crippen molar-refractivity contribution in [3.8, 4) is 0 Å². The van der Waals surface area contributed by atoms with Gasteiger partial charge in [0.2, 0.25) is 5.91 Å². The molecule has 0 spiro atoms. The molecular weight excluding hydrogens is 476 g/mol. The molecule has 36 heavy (non-hydrogen) atoms. The normalized spacial score (nSPS) is 16.6. The summed E-state index contributed by atoms with van der Waals surface area (Å²) < 4.78 is 5.65. The van der Waals surface area contributed by atoms with Crippen LogP contribution in [0.25, 0.3) is 0 Å². The fraction of sp³-hybridized carbons (Fsp3) is 0.593. The van der Waals surface area contributed by atoms with Crippen molar-refractivity contribution in [1.29, 1.82) is 0 Å². The molecule has 0 saturated heterocycles. The second-order valence-electron chi connectivity index (χ2n) is 10.2. The quantitative estimate of drug-likeness (QED) is 0.406. The summed E-state index contributed by atoms with van der Waals surface area (Å²) in [6.07, 6.45) is 4.56. The first-order chi connectivity index (χ1) is 17.1. The van der Waals surface area contributed by atoms with E-state index in [1.807, 2.05) is 25.2 Å². The number of hydrogen-bond donors (Lipinski definition) is 1. The van der Waals surface area contributed by atoms with Gasteiger partial charge in [0, 0.05) is 44.4 Å². The number of carbonyl (C=O) groups is 3. The number of esters is 1. The SMILES string of the molecule is CC[C@H](C)CC(=O)N(C)[C@H](C[C@@H](OC(C)=O)c1nc(C(=O)NC2(c3ccccn3)CC2)cs1)C(C)C. The first-order valence-electron chi connectivity index (χ1n) is 12.7. The molecule has 8 nitrogen and oxygen atoms in total. The van der Waals surface area contributed by atoms with Gasteiger partial charge < -0.3 is 15.0 Å². The highest BCUT2D eigenvalue weighted by molar-refractivity contribution is 7.09. The molecular formula is C27H38N4O4S. The lowest BCUT2D eigenvalue weighted by atomic mass is 9.95. The van der Waals surface area contributed by atoms with Gasteiger partial charge in [0.1, 0.15) is 10.7 Å². The summed E-state index contributed by atoms with van der Waals surface area (Å²) in [6, 6.07) is 5.53. The smallest absolute Gasteiger partial charge is 0.303 e. The fourth-order valence-electron chi connectivity index (χ4n) is 4.31. The predicted molar refractivity (Wildman–Crippen MR) is 139 cm³/mol. The zero-order valence-corrected chi connectivity index (χ0v) is 22.9. The van der Waals surface area contributed by atoms with Gasteiger partial charge in [-0.2, -0.15) is 0 Å². The number of pyridine rings is 1. The van der Waals surface area contributed by atoms with E-state index in [0.29, 0.717) is 23.8 Å². The lowest BCUT2D eigenvalue weighted by Gasteiger charge is -2.34. The first-order valence-corrected chi connectivity index (χ1v) is 13.6. The van der Waals surface area contributed by atoms with E-state index >= 15 is 0 Å². The van der Waals surface area contributed by atoms with Gasteiger partial charge in [0.25, 0.3) is 5.91 Å². The molecule has 1 N–H and O–H groups in total. The summed E-state index contributed by atoms with van der Waals surface area (Å²) in [4.78, 5) is 48.6. The number of carbonyl (C=O) groups excluding carboxylic acids is 3. The number of rotatable bonds is 12. The summed E-state index contributed by atoms with van der Waals surface area (Å²) in [7, 11) is 1.81. The first kappa shape index (κ1) is 27.8. The average Bonchev–Trinajstić information content (AvgIpc) is 3.45. The van der Waals surface area contributed by atoms with Crippen LogP contribution >= 0.6 is 11.3 Å². The molecule has 0 aliphatic heterocycles. The molecule has 196 valence electrons. The fourth-order valence-corrected chi connectivity index (χ4v) is 5.14. The molecule has 1 saturated carbocycles. The van der Waals surface area contributed by atoms with Crippen molar-refractivity contribution in [3.05, 3.63) is 46.2 Å². The Bertz CT molecular complexity index is 1050. The Kier molecular flexibility index (Phi) is 9.22. The molecule has 9 heteroatoms. The van der Waals surface area contributed by atoms with Crippen LogP contribution in [0.4, 0.5) is 0 Å². The maximum Gasteiger partial charge on any atom is 0.303 e. The van der Waals surface area contributed by atoms with Gasteiger partial charge in [-0.3, -0.25) is 19.4 Å². The molecule has 1 aliphatic rings. The maximum atomic E-state index is 13.0. The number of hydrogen-bond acceptors (Lipinski definition) is 7. The van der Waals surface area contributed by atoms with Gasteiger partial charge in [0.05, 0.1) is 11.2 Å². The van der Waals surface area contributed by atoms with Gasteiger partial charge in [-0.05, 0) is 36.8 Å². The Labute approximate surface area is 217 Å². The number of nitrogens with zero attached hydrogens (tertiary/aromatic N) is 3. The molecule has 0 radical (unpaired) electrons. The molecule has 2 amide bonds. The number of ether oxygens (including phenoxy) is 1. The Morgan fingerprint density at radius 1 is 1.22 bits per heavy atom. The summed E-state index contributed by atoms with van der Waals surface area (Å²) in [5.41, 5.74) is 0.687. The maximum absolute atomic E-state index is 13.0. The van der Waals surface area contributed by atoms with E-state index in [4.69, 9.17) is 4.74 Å². The van der Waals surface area contributed by atoms with E-state index in [0.717, 1.165) is 25.0 Å². The Morgan fingerprint density at radius 3 is 2.50 bits per heavy atom. The van der Waals surface area contributed by atoms with Crippen LogP contribution in [0, 0.1) is 11.8 Å². The van der Waals surface area contributed by atoms with Gasteiger partial charge >= 0.3 is 5.97 Å². The molecule has 0 bridgehead atoms. The van der Waals surface area contributed by atoms with Crippen LogP contribution in [-0.2, 0) is 19.9 Å². The van der Waals surface area contributed by atoms with Crippen molar-refractivity contribution in [2.45, 2.75) is 84.4 Å². The number of nitrogens with one attached hydrogen (secondary N) is 1. The number of thiazole rings is 1. The second-order valence-corrected chi connectivity index (χ2v) is 11.1. The molecule has 2 heterocycles. The van der Waals surface area contributed by atoms with Crippen LogP contribution in [0.1, 0.15) is 94.0 Å². The van der Waals surface area contributed by atoms with E-state index in [1.54, 1.807) is 16.5 Å². The van der Waals surface area contributed by atoms with Crippen LogP contribution < -0.4 is 5.32 Å². The Balaban J connectivity index is 1.75. The number of amides is 2. The summed E-state index contributed by atoms with van der Waals surface area (Å²) in [6.45, 7) is 9.61. The second kappa shape index (κ2) is 12.0. The minimum Gasteiger partial charge on any atom is -0.455 e. The van der Waals surface area contributed by atoms with Gasteiger partial charge in [-0.15, -0.1) is 11.3 Å². The number of aromatic nitrogens is 2. The molecule has 3 atom stereocenters. The summed E-state index contributed by atoms with van der Waals surface area (Å²) in [5.74, 6) is -0.177. The molecule has 2 aromatic rings. The third-order valence-electron chi connectivity index (χ3n) is 6.93. The molecule has 0 aromatic carbocycles. The van der Waals surface area contributed by atoms with E-state index in [-0.39, 0.29) is 29.5 Å².